The van der Waals surface area contributed by atoms with E-state index in [1.54, 1.807) is 0 Å². The molecule has 1 aromatic rings. The molecule has 0 bridgehead atoms. The molecule has 1 aromatic carbocycles. The average Bonchev–Trinajstić information content (AvgIpc) is 2.54. The predicted molar refractivity (Wildman–Crippen MR) is 89.8 cm³/mol. The Morgan fingerprint density at radius 1 is 1.33 bits per heavy atom. The third-order valence-corrected chi connectivity index (χ3v) is 4.56. The van der Waals surface area contributed by atoms with E-state index < -0.39 is 0 Å². The molecule has 0 atom stereocenters. The van der Waals surface area contributed by atoms with E-state index in [9.17, 15) is 5.11 Å². The zero-order valence-corrected chi connectivity index (χ0v) is 13.6. The number of halogens is 2. The van der Waals surface area contributed by atoms with Crippen LogP contribution < -0.4 is 5.32 Å². The first kappa shape index (κ1) is 16.6. The number of nitrogens with zero attached hydrogens (tertiary/aromatic N) is 1. The average molecular weight is 329 g/mol. The van der Waals surface area contributed by atoms with Gasteiger partial charge in [0.05, 0.1) is 6.54 Å². The number of piperidine rings is 1. The molecule has 1 aliphatic heterocycles. The zero-order valence-electron chi connectivity index (χ0n) is 12.1. The molecule has 0 aromatic heterocycles. The molecule has 21 heavy (non-hydrogen) atoms. The number of rotatable bonds is 6. The van der Waals surface area contributed by atoms with Gasteiger partial charge in [0.25, 0.3) is 0 Å². The second-order valence-corrected chi connectivity index (χ2v) is 6.17. The lowest BCUT2D eigenvalue weighted by Crippen LogP contribution is -2.34. The van der Waals surface area contributed by atoms with Gasteiger partial charge in [-0.2, -0.15) is 0 Å². The summed E-state index contributed by atoms with van der Waals surface area (Å²) in [5.74, 6) is 0.474. The Balaban J connectivity index is 1.94. The van der Waals surface area contributed by atoms with E-state index in [0.29, 0.717) is 24.1 Å². The minimum Gasteiger partial charge on any atom is -0.396 e. The van der Waals surface area contributed by atoms with Gasteiger partial charge >= 0.3 is 0 Å². The molecule has 1 saturated heterocycles. The molecule has 2 N–H and O–H groups in total. The molecule has 3 nitrogen and oxygen atoms in total. The molecule has 2 rings (SSSR count). The molecule has 0 aliphatic carbocycles. The maximum absolute atomic E-state index is 9.20. The molecule has 0 unspecified atom stereocenters. The summed E-state index contributed by atoms with van der Waals surface area (Å²) in [5.41, 5.74) is 3.74. The van der Waals surface area contributed by atoms with Crippen molar-refractivity contribution in [1.82, 2.24) is 4.90 Å². The van der Waals surface area contributed by atoms with Crippen molar-refractivity contribution in [3.05, 3.63) is 40.4 Å². The van der Waals surface area contributed by atoms with Crippen LogP contribution in [0.2, 0.25) is 0 Å². The van der Waals surface area contributed by atoms with E-state index in [1.165, 1.54) is 11.1 Å². The van der Waals surface area contributed by atoms with Gasteiger partial charge in [0.15, 0.2) is 0 Å². The maximum Gasteiger partial charge on any atom is 0.0516 e. The number of nitrogens with one attached hydrogen (secondary N) is 1. The number of hydrogen-bond donors (Lipinski definition) is 2. The van der Waals surface area contributed by atoms with E-state index in [4.69, 9.17) is 23.2 Å². The highest BCUT2D eigenvalue weighted by atomic mass is 35.5. The first-order valence-electron chi connectivity index (χ1n) is 7.32. The molecule has 5 heteroatoms. The minimum absolute atomic E-state index is 0.315. The quantitative estimate of drug-likeness (QED) is 0.837. The SMILES string of the molecule is OCC1CCN(Cc2ccccc2NC/C(Cl)=C/Cl)CC1. The fourth-order valence-electron chi connectivity index (χ4n) is 2.62. The smallest absolute Gasteiger partial charge is 0.0516 e. The Labute approximate surface area is 136 Å². The van der Waals surface area contributed by atoms with Gasteiger partial charge in [-0.3, -0.25) is 4.90 Å². The molecule has 116 valence electrons. The number of hydrogen-bond acceptors (Lipinski definition) is 3. The van der Waals surface area contributed by atoms with Gasteiger partial charge in [0, 0.05) is 29.4 Å². The summed E-state index contributed by atoms with van der Waals surface area (Å²) in [5, 5.41) is 13.1. The van der Waals surface area contributed by atoms with Crippen LogP contribution in [0.4, 0.5) is 5.69 Å². The highest BCUT2D eigenvalue weighted by Gasteiger charge is 2.19. The summed E-state index contributed by atoms with van der Waals surface area (Å²) in [6.45, 7) is 3.86. The van der Waals surface area contributed by atoms with Crippen LogP contribution in [0.3, 0.4) is 0 Å². The van der Waals surface area contributed by atoms with Crippen LogP contribution >= 0.6 is 23.2 Å². The van der Waals surface area contributed by atoms with Gasteiger partial charge in [-0.15, -0.1) is 0 Å². The summed E-state index contributed by atoms with van der Waals surface area (Å²) >= 11 is 11.5. The summed E-state index contributed by atoms with van der Waals surface area (Å²) in [6, 6.07) is 8.27. The van der Waals surface area contributed by atoms with Crippen molar-refractivity contribution in [1.29, 1.82) is 0 Å². The summed E-state index contributed by atoms with van der Waals surface area (Å²) in [7, 11) is 0. The summed E-state index contributed by atoms with van der Waals surface area (Å²) in [6.07, 6.45) is 2.15. The number of para-hydroxylation sites is 1. The Bertz CT molecular complexity index is 471. The molecule has 1 fully saturated rings. The van der Waals surface area contributed by atoms with Gasteiger partial charge in [0.2, 0.25) is 0 Å². The van der Waals surface area contributed by atoms with Crippen molar-refractivity contribution in [2.24, 2.45) is 5.92 Å². The van der Waals surface area contributed by atoms with Crippen LogP contribution in [0.25, 0.3) is 0 Å². The Morgan fingerprint density at radius 2 is 2.05 bits per heavy atom. The van der Waals surface area contributed by atoms with Gasteiger partial charge in [-0.25, -0.2) is 0 Å². The van der Waals surface area contributed by atoms with Crippen molar-refractivity contribution >= 4 is 28.9 Å². The fourth-order valence-corrected chi connectivity index (χ4v) is 2.76. The number of benzene rings is 1. The molecule has 0 amide bonds. The Hall–Kier alpha value is -0.740. The van der Waals surface area contributed by atoms with E-state index >= 15 is 0 Å². The number of aliphatic hydroxyl groups is 1. The number of anilines is 1. The number of aliphatic hydroxyl groups excluding tert-OH is 1. The normalized spacial score (nSPS) is 18.0. The van der Waals surface area contributed by atoms with E-state index in [1.807, 2.05) is 6.07 Å². The van der Waals surface area contributed by atoms with E-state index in [0.717, 1.165) is 38.2 Å². The predicted octanol–water partition coefficient (Wildman–Crippen LogP) is 3.62. The number of likely N-dealkylation sites (tertiary alicyclic amines) is 1. The van der Waals surface area contributed by atoms with Gasteiger partial charge in [-0.05, 0) is 43.5 Å². The highest BCUT2D eigenvalue weighted by molar-refractivity contribution is 6.36. The lowest BCUT2D eigenvalue weighted by atomic mass is 9.97. The summed E-state index contributed by atoms with van der Waals surface area (Å²) < 4.78 is 0. The van der Waals surface area contributed by atoms with Crippen molar-refractivity contribution in [3.8, 4) is 0 Å². The first-order chi connectivity index (χ1) is 10.2. The molecule has 1 aliphatic rings. The standard InChI is InChI=1S/C16H22Cl2N2O/c17-9-15(18)10-19-16-4-2-1-3-14(16)11-20-7-5-13(12-21)6-8-20/h1-4,9,13,19,21H,5-8,10-12H2/b15-9-. The lowest BCUT2D eigenvalue weighted by Gasteiger charge is -2.31. The maximum atomic E-state index is 9.20. The van der Waals surface area contributed by atoms with E-state index in [-0.39, 0.29) is 0 Å². The molecule has 0 radical (unpaired) electrons. The Morgan fingerprint density at radius 3 is 2.71 bits per heavy atom. The second kappa shape index (κ2) is 8.64. The van der Waals surface area contributed by atoms with Crippen molar-refractivity contribution in [3.63, 3.8) is 0 Å². The van der Waals surface area contributed by atoms with Gasteiger partial charge in [-0.1, -0.05) is 41.4 Å². The topological polar surface area (TPSA) is 35.5 Å². The van der Waals surface area contributed by atoms with Crippen molar-refractivity contribution in [2.75, 3.05) is 31.6 Å². The monoisotopic (exact) mass is 328 g/mol. The van der Waals surface area contributed by atoms with Crippen LogP contribution in [0.1, 0.15) is 18.4 Å². The van der Waals surface area contributed by atoms with Gasteiger partial charge < -0.3 is 10.4 Å². The minimum atomic E-state index is 0.315. The van der Waals surface area contributed by atoms with Crippen molar-refractivity contribution < 1.29 is 5.11 Å². The molecule has 0 spiro atoms. The fraction of sp³-hybridized carbons (Fsp3) is 0.500. The van der Waals surface area contributed by atoms with Crippen LogP contribution in [0.15, 0.2) is 34.8 Å². The molecular formula is C16H22Cl2N2O. The largest absolute Gasteiger partial charge is 0.396 e. The Kier molecular flexibility index (Phi) is 6.84. The second-order valence-electron chi connectivity index (χ2n) is 5.47. The van der Waals surface area contributed by atoms with Gasteiger partial charge in [0.1, 0.15) is 0 Å². The molecule has 1 heterocycles. The third-order valence-electron chi connectivity index (χ3n) is 3.94. The van der Waals surface area contributed by atoms with Crippen LogP contribution in [-0.2, 0) is 6.54 Å². The highest BCUT2D eigenvalue weighted by Crippen LogP contribution is 2.22. The van der Waals surface area contributed by atoms with Crippen LogP contribution in [0, 0.1) is 5.92 Å². The van der Waals surface area contributed by atoms with Crippen LogP contribution in [-0.4, -0.2) is 36.2 Å². The van der Waals surface area contributed by atoms with E-state index in [2.05, 4.69) is 28.4 Å². The molecule has 0 saturated carbocycles. The van der Waals surface area contributed by atoms with Crippen molar-refractivity contribution in [2.45, 2.75) is 19.4 Å². The third kappa shape index (κ3) is 5.19. The first-order valence-corrected chi connectivity index (χ1v) is 8.14. The zero-order chi connectivity index (χ0) is 15.1. The lowest BCUT2D eigenvalue weighted by molar-refractivity contribution is 0.127. The summed E-state index contributed by atoms with van der Waals surface area (Å²) in [4.78, 5) is 2.44. The van der Waals surface area contributed by atoms with Crippen LogP contribution in [0.5, 0.6) is 0 Å². The molecular weight excluding hydrogens is 307 g/mol.